The summed E-state index contributed by atoms with van der Waals surface area (Å²) < 4.78 is 14.8. The highest BCUT2D eigenvalue weighted by Crippen LogP contribution is 2.33. The van der Waals surface area contributed by atoms with Crippen LogP contribution in [-0.4, -0.2) is 37.4 Å². The smallest absolute Gasteiger partial charge is 0.266 e. The van der Waals surface area contributed by atoms with Gasteiger partial charge in [0.1, 0.15) is 0 Å². The normalized spacial score (nSPS) is 13.4. The predicted octanol–water partition coefficient (Wildman–Crippen LogP) is 3.87. The van der Waals surface area contributed by atoms with Crippen molar-refractivity contribution in [3.05, 3.63) is 76.3 Å². The second kappa shape index (κ2) is 7.44. The maximum Gasteiger partial charge on any atom is 0.266 e. The zero-order chi connectivity index (χ0) is 22.5. The summed E-state index contributed by atoms with van der Waals surface area (Å²) in [5.41, 5.74) is 4.32. The molecule has 1 aliphatic heterocycles. The lowest BCUT2D eigenvalue weighted by Gasteiger charge is -2.11. The van der Waals surface area contributed by atoms with Gasteiger partial charge in [0.2, 0.25) is 0 Å². The highest BCUT2D eigenvalue weighted by molar-refractivity contribution is 5.79. The Labute approximate surface area is 189 Å². The van der Waals surface area contributed by atoms with E-state index < -0.39 is 0 Å². The predicted molar refractivity (Wildman–Crippen MR) is 124 cm³/mol. The first-order valence-corrected chi connectivity index (χ1v) is 10.8. The minimum absolute atomic E-state index is 0.151. The molecule has 8 nitrogen and oxygen atoms in total. The van der Waals surface area contributed by atoms with E-state index in [-0.39, 0.29) is 5.56 Å². The zero-order valence-electron chi connectivity index (χ0n) is 18.3. The topological polar surface area (TPSA) is 83.5 Å². The van der Waals surface area contributed by atoms with Gasteiger partial charge >= 0.3 is 0 Å². The maximum atomic E-state index is 13.3. The number of nitrogens with zero attached hydrogens (tertiary/aromatic N) is 5. The summed E-state index contributed by atoms with van der Waals surface area (Å²) in [5, 5.41) is 5.13. The Hall–Kier alpha value is -4.20. The van der Waals surface area contributed by atoms with Crippen molar-refractivity contribution >= 4 is 16.7 Å². The lowest BCUT2D eigenvalue weighted by Crippen LogP contribution is -2.19. The van der Waals surface area contributed by atoms with Gasteiger partial charge in [-0.05, 0) is 49.7 Å². The van der Waals surface area contributed by atoms with Crippen LogP contribution in [0, 0.1) is 13.8 Å². The van der Waals surface area contributed by atoms with Crippen LogP contribution in [0.15, 0.2) is 59.7 Å². The summed E-state index contributed by atoms with van der Waals surface area (Å²) >= 11 is 0. The molecule has 0 radical (unpaired) electrons. The fourth-order valence-corrected chi connectivity index (χ4v) is 4.21. The highest BCUT2D eigenvalue weighted by Gasteiger charge is 2.16. The van der Waals surface area contributed by atoms with Crippen molar-refractivity contribution in [2.75, 3.05) is 13.2 Å². The Morgan fingerprint density at radius 1 is 0.970 bits per heavy atom. The number of aryl methyl sites for hydroxylation is 2. The summed E-state index contributed by atoms with van der Waals surface area (Å²) in [7, 11) is 0. The molecule has 0 saturated heterocycles. The summed E-state index contributed by atoms with van der Waals surface area (Å²) in [6.45, 7) is 5.27. The number of hydrogen-bond donors (Lipinski definition) is 0. The first kappa shape index (κ1) is 19.5. The van der Waals surface area contributed by atoms with Gasteiger partial charge in [0.25, 0.3) is 11.3 Å². The average molecular weight is 439 g/mol. The molecular formula is C25H21N5O3. The van der Waals surface area contributed by atoms with E-state index in [1.165, 1.54) is 0 Å². The largest absolute Gasteiger partial charge is 0.490 e. The van der Waals surface area contributed by atoms with Gasteiger partial charge in [-0.1, -0.05) is 17.7 Å². The number of hydrogen-bond acceptors (Lipinski definition) is 6. The van der Waals surface area contributed by atoms with Gasteiger partial charge in [-0.15, -0.1) is 5.10 Å². The van der Waals surface area contributed by atoms with E-state index in [0.717, 1.165) is 34.5 Å². The monoisotopic (exact) mass is 439 g/mol. The number of aromatic nitrogens is 5. The fourth-order valence-electron chi connectivity index (χ4n) is 4.21. The third-order valence-electron chi connectivity index (χ3n) is 5.85. The van der Waals surface area contributed by atoms with Crippen LogP contribution in [0.2, 0.25) is 0 Å². The number of pyridine rings is 1. The first-order chi connectivity index (χ1) is 16.1. The van der Waals surface area contributed by atoms with Gasteiger partial charge < -0.3 is 9.47 Å². The molecule has 33 heavy (non-hydrogen) atoms. The molecule has 0 spiro atoms. The third-order valence-corrected chi connectivity index (χ3v) is 5.85. The van der Waals surface area contributed by atoms with Crippen LogP contribution in [0.5, 0.6) is 11.5 Å². The summed E-state index contributed by atoms with van der Waals surface area (Å²) in [5.74, 6) is 2.33. The second-order valence-electron chi connectivity index (χ2n) is 8.20. The van der Waals surface area contributed by atoms with Gasteiger partial charge in [0.15, 0.2) is 17.3 Å². The van der Waals surface area contributed by atoms with Crippen molar-refractivity contribution in [3.63, 3.8) is 0 Å². The van der Waals surface area contributed by atoms with Crippen molar-refractivity contribution in [3.8, 4) is 28.6 Å². The molecule has 1 aliphatic rings. The van der Waals surface area contributed by atoms with E-state index in [1.54, 1.807) is 21.5 Å². The number of rotatable bonds is 2. The molecule has 0 amide bonds. The molecule has 0 aliphatic carbocycles. The van der Waals surface area contributed by atoms with Gasteiger partial charge in [-0.3, -0.25) is 9.36 Å². The maximum absolute atomic E-state index is 13.3. The Morgan fingerprint density at radius 2 is 1.82 bits per heavy atom. The molecule has 3 aromatic heterocycles. The van der Waals surface area contributed by atoms with E-state index in [9.17, 15) is 4.79 Å². The van der Waals surface area contributed by atoms with Gasteiger partial charge in [-0.25, -0.2) is 4.98 Å². The Balaban J connectivity index is 1.48. The van der Waals surface area contributed by atoms with Gasteiger partial charge in [0.05, 0.1) is 29.8 Å². The fraction of sp³-hybridized carbons (Fsp3) is 0.200. The van der Waals surface area contributed by atoms with Crippen LogP contribution in [0.25, 0.3) is 33.8 Å². The van der Waals surface area contributed by atoms with Crippen molar-refractivity contribution in [1.29, 1.82) is 0 Å². The Bertz CT molecular complexity index is 1600. The summed E-state index contributed by atoms with van der Waals surface area (Å²) in [4.78, 5) is 22.3. The van der Waals surface area contributed by atoms with Crippen molar-refractivity contribution < 1.29 is 9.47 Å². The number of benzene rings is 2. The summed E-state index contributed by atoms with van der Waals surface area (Å²) in [6.07, 6.45) is 4.18. The molecule has 8 heteroatoms. The SMILES string of the molecule is Cc1ccc(-n2ccc3c(cnc4nc(-c5ccc6c(c5)OCCCO6)nn43)c2=O)c(C)c1. The van der Waals surface area contributed by atoms with Crippen molar-refractivity contribution in [2.24, 2.45) is 0 Å². The van der Waals surface area contributed by atoms with Gasteiger partial charge in [0, 0.05) is 24.4 Å². The van der Waals surface area contributed by atoms with Crippen LogP contribution < -0.4 is 15.0 Å². The first-order valence-electron chi connectivity index (χ1n) is 10.8. The van der Waals surface area contributed by atoms with Crippen molar-refractivity contribution in [2.45, 2.75) is 20.3 Å². The molecule has 5 aromatic rings. The van der Waals surface area contributed by atoms with Gasteiger partial charge in [-0.2, -0.15) is 9.50 Å². The number of fused-ring (bicyclic) bond motifs is 4. The quantitative estimate of drug-likeness (QED) is 0.415. The zero-order valence-corrected chi connectivity index (χ0v) is 18.3. The molecular weight excluding hydrogens is 418 g/mol. The molecule has 6 rings (SSSR count). The molecule has 4 heterocycles. The van der Waals surface area contributed by atoms with Crippen LogP contribution in [0.1, 0.15) is 17.5 Å². The molecule has 0 atom stereocenters. The number of ether oxygens (including phenoxy) is 2. The lowest BCUT2D eigenvalue weighted by molar-refractivity contribution is 0.297. The molecule has 0 N–H and O–H groups in total. The Morgan fingerprint density at radius 3 is 2.67 bits per heavy atom. The van der Waals surface area contributed by atoms with Crippen molar-refractivity contribution in [1.82, 2.24) is 24.1 Å². The molecule has 0 saturated carbocycles. The van der Waals surface area contributed by atoms with E-state index in [4.69, 9.17) is 9.47 Å². The molecule has 164 valence electrons. The van der Waals surface area contributed by atoms with E-state index in [1.807, 2.05) is 50.2 Å². The van der Waals surface area contributed by atoms with Crippen LogP contribution in [0.3, 0.4) is 0 Å². The third kappa shape index (κ3) is 3.22. The second-order valence-corrected chi connectivity index (χ2v) is 8.20. The molecule has 0 fully saturated rings. The van der Waals surface area contributed by atoms with Crippen LogP contribution >= 0.6 is 0 Å². The molecule has 2 aromatic carbocycles. The minimum Gasteiger partial charge on any atom is -0.490 e. The molecule has 0 bridgehead atoms. The van der Waals surface area contributed by atoms with E-state index in [0.29, 0.717) is 41.5 Å². The van der Waals surface area contributed by atoms with Crippen LogP contribution in [-0.2, 0) is 0 Å². The molecule has 0 unspecified atom stereocenters. The van der Waals surface area contributed by atoms with E-state index in [2.05, 4.69) is 21.1 Å². The van der Waals surface area contributed by atoms with Crippen LogP contribution in [0.4, 0.5) is 0 Å². The highest BCUT2D eigenvalue weighted by atomic mass is 16.5. The summed E-state index contributed by atoms with van der Waals surface area (Å²) in [6, 6.07) is 13.5. The Kier molecular flexibility index (Phi) is 4.39. The standard InChI is InChI=1S/C25H21N5O3/c1-15-4-6-19(16(2)12-15)29-9-8-20-18(24(29)31)14-26-25-27-23(28-30(20)25)17-5-7-21-22(13-17)33-11-3-10-32-21/h4-9,12-14H,3,10-11H2,1-2H3. The average Bonchev–Trinajstić information content (AvgIpc) is 3.11. The van der Waals surface area contributed by atoms with E-state index >= 15 is 0 Å². The minimum atomic E-state index is -0.151. The lowest BCUT2D eigenvalue weighted by atomic mass is 10.1.